The van der Waals surface area contributed by atoms with Crippen molar-refractivity contribution in [2.75, 3.05) is 6.54 Å². The normalized spacial score (nSPS) is 19.9. The van der Waals surface area contributed by atoms with Gasteiger partial charge in [-0.05, 0) is 36.1 Å². The number of thiocarbonyl (C=S) groups is 1. The van der Waals surface area contributed by atoms with E-state index in [1.54, 1.807) is 4.90 Å². The third kappa shape index (κ3) is 4.38. The zero-order chi connectivity index (χ0) is 25.0. The number of benzene rings is 1. The van der Waals surface area contributed by atoms with Gasteiger partial charge in [0.1, 0.15) is 10.8 Å². The fraction of sp³-hybridized carbons (Fsp3) is 0.455. The van der Waals surface area contributed by atoms with Gasteiger partial charge in [0.25, 0.3) is 5.60 Å². The third-order valence-corrected chi connectivity index (χ3v) is 8.27. The molecule has 0 fully saturated rings. The predicted molar refractivity (Wildman–Crippen MR) is 130 cm³/mol. The van der Waals surface area contributed by atoms with Crippen molar-refractivity contribution in [3.8, 4) is 0 Å². The van der Waals surface area contributed by atoms with Crippen molar-refractivity contribution in [3.05, 3.63) is 54.4 Å². The molecule has 0 aliphatic carbocycles. The van der Waals surface area contributed by atoms with E-state index in [4.69, 9.17) is 40.3 Å². The Labute approximate surface area is 213 Å². The van der Waals surface area contributed by atoms with E-state index in [0.29, 0.717) is 24.0 Å². The van der Waals surface area contributed by atoms with Crippen LogP contribution in [0.15, 0.2) is 17.3 Å². The standard InChI is InChI=1S/C22H21Cl2F4N3OS2/c1-10(2)7-29-20(33)19-11(3)13-8-31(9-16(13)34-19)17-6-21(32-30-17,22(26,27)28)12-4-14(23)18(25)15(24)5-12/h4-5,10H,6-9H2,1-3H3,(H,29,33). The number of halogens is 6. The number of hydrogen-bond acceptors (Lipinski definition) is 5. The molecular weight excluding hydrogens is 533 g/mol. The summed E-state index contributed by atoms with van der Waals surface area (Å²) < 4.78 is 56.6. The van der Waals surface area contributed by atoms with Gasteiger partial charge in [0, 0.05) is 23.5 Å². The number of amidine groups is 1. The summed E-state index contributed by atoms with van der Waals surface area (Å²) in [7, 11) is 0. The van der Waals surface area contributed by atoms with Gasteiger partial charge in [0.15, 0.2) is 5.82 Å². The molecule has 1 unspecified atom stereocenters. The number of nitrogens with one attached hydrogen (secondary N) is 1. The second-order valence-electron chi connectivity index (χ2n) is 8.77. The summed E-state index contributed by atoms with van der Waals surface area (Å²) in [6.07, 6.45) is -5.42. The van der Waals surface area contributed by atoms with Crippen molar-refractivity contribution in [2.24, 2.45) is 11.1 Å². The molecule has 34 heavy (non-hydrogen) atoms. The van der Waals surface area contributed by atoms with E-state index in [1.165, 1.54) is 11.3 Å². The third-order valence-electron chi connectivity index (χ3n) is 5.90. The molecule has 1 atom stereocenters. The number of hydrogen-bond donors (Lipinski definition) is 1. The number of oxime groups is 1. The zero-order valence-corrected chi connectivity index (χ0v) is 21.6. The number of nitrogens with zero attached hydrogens (tertiary/aromatic N) is 2. The highest BCUT2D eigenvalue weighted by molar-refractivity contribution is 7.81. The van der Waals surface area contributed by atoms with Crippen LogP contribution in [-0.2, 0) is 23.5 Å². The van der Waals surface area contributed by atoms with Gasteiger partial charge >= 0.3 is 6.18 Å². The van der Waals surface area contributed by atoms with Crippen LogP contribution in [0.2, 0.25) is 10.0 Å². The monoisotopic (exact) mass is 553 g/mol. The van der Waals surface area contributed by atoms with E-state index in [1.807, 2.05) is 6.92 Å². The Kier molecular flexibility index (Phi) is 6.83. The summed E-state index contributed by atoms with van der Waals surface area (Å²) in [5.41, 5.74) is -1.15. The highest BCUT2D eigenvalue weighted by Gasteiger charge is 2.63. The molecule has 184 valence electrons. The fourth-order valence-corrected chi connectivity index (χ4v) is 6.08. The fourth-order valence-electron chi connectivity index (χ4n) is 3.98. The van der Waals surface area contributed by atoms with Crippen molar-refractivity contribution in [1.82, 2.24) is 10.2 Å². The Morgan fingerprint density at radius 1 is 1.29 bits per heavy atom. The molecule has 0 bridgehead atoms. The van der Waals surface area contributed by atoms with Crippen molar-refractivity contribution < 1.29 is 22.4 Å². The number of rotatable bonds is 4. The Balaban J connectivity index is 1.55. The molecule has 4 rings (SSSR count). The molecule has 1 N–H and O–H groups in total. The van der Waals surface area contributed by atoms with E-state index in [-0.39, 0.29) is 5.84 Å². The largest absolute Gasteiger partial charge is 0.435 e. The first-order valence-electron chi connectivity index (χ1n) is 10.4. The first kappa shape index (κ1) is 25.5. The summed E-state index contributed by atoms with van der Waals surface area (Å²) in [5.74, 6) is -0.390. The van der Waals surface area contributed by atoms with Crippen LogP contribution in [0.5, 0.6) is 0 Å². The lowest BCUT2D eigenvalue weighted by Crippen LogP contribution is -2.44. The molecule has 0 saturated heterocycles. The molecule has 2 aliphatic rings. The smallest absolute Gasteiger partial charge is 0.375 e. The molecule has 2 aliphatic heterocycles. The van der Waals surface area contributed by atoms with Crippen LogP contribution in [0.1, 0.15) is 46.7 Å². The van der Waals surface area contributed by atoms with Gasteiger partial charge in [-0.15, -0.1) is 11.3 Å². The highest BCUT2D eigenvalue weighted by Crippen LogP contribution is 2.50. The van der Waals surface area contributed by atoms with Gasteiger partial charge < -0.3 is 15.1 Å². The van der Waals surface area contributed by atoms with Gasteiger partial charge in [0.05, 0.1) is 27.9 Å². The number of thiophene rings is 1. The first-order valence-corrected chi connectivity index (χ1v) is 12.4. The van der Waals surface area contributed by atoms with Crippen LogP contribution >= 0.6 is 46.8 Å². The van der Waals surface area contributed by atoms with Gasteiger partial charge in [-0.25, -0.2) is 4.39 Å². The van der Waals surface area contributed by atoms with Crippen LogP contribution in [0, 0.1) is 18.7 Å². The average Bonchev–Trinajstić information content (AvgIpc) is 3.44. The predicted octanol–water partition coefficient (Wildman–Crippen LogP) is 6.93. The van der Waals surface area contributed by atoms with E-state index >= 15 is 0 Å². The average molecular weight is 554 g/mol. The maximum absolute atomic E-state index is 14.2. The summed E-state index contributed by atoms with van der Waals surface area (Å²) >= 11 is 18.6. The Morgan fingerprint density at radius 2 is 1.94 bits per heavy atom. The quantitative estimate of drug-likeness (QED) is 0.253. The maximum atomic E-state index is 14.2. The number of alkyl halides is 3. The summed E-state index contributed by atoms with van der Waals surface area (Å²) in [6, 6.07) is 1.77. The van der Waals surface area contributed by atoms with Crippen molar-refractivity contribution in [3.63, 3.8) is 0 Å². The molecule has 4 nitrogen and oxygen atoms in total. The minimum Gasteiger partial charge on any atom is -0.375 e. The second-order valence-corrected chi connectivity index (χ2v) is 11.1. The van der Waals surface area contributed by atoms with Gasteiger partial charge in [-0.3, -0.25) is 0 Å². The summed E-state index contributed by atoms with van der Waals surface area (Å²) in [4.78, 5) is 9.48. The van der Waals surface area contributed by atoms with Crippen LogP contribution in [0.3, 0.4) is 0 Å². The van der Waals surface area contributed by atoms with Gasteiger partial charge in [-0.2, -0.15) is 13.2 Å². The SMILES string of the molecule is Cc1c(C(=S)NCC(C)C)sc2c1CN(C1=NOC(c3cc(Cl)c(F)c(Cl)c3)(C(F)(F)F)C1)C2. The molecule has 12 heteroatoms. The Bertz CT molecular complexity index is 1160. The van der Waals surface area contributed by atoms with E-state index in [9.17, 15) is 17.6 Å². The van der Waals surface area contributed by atoms with Gasteiger partial charge in [-0.1, -0.05) is 54.4 Å². The Morgan fingerprint density at radius 3 is 2.50 bits per heavy atom. The van der Waals surface area contributed by atoms with Crippen LogP contribution in [0.25, 0.3) is 0 Å². The van der Waals surface area contributed by atoms with Gasteiger partial charge in [0.2, 0.25) is 0 Å². The Hall–Kier alpha value is -1.62. The van der Waals surface area contributed by atoms with E-state index in [2.05, 4.69) is 24.3 Å². The zero-order valence-electron chi connectivity index (χ0n) is 18.4. The minimum atomic E-state index is -4.84. The maximum Gasteiger partial charge on any atom is 0.435 e. The minimum absolute atomic E-state index is 0.152. The van der Waals surface area contributed by atoms with E-state index in [0.717, 1.165) is 39.6 Å². The molecule has 0 amide bonds. The first-order chi connectivity index (χ1) is 15.8. The molecular formula is C22H21Cl2F4N3OS2. The highest BCUT2D eigenvalue weighted by atomic mass is 35.5. The van der Waals surface area contributed by atoms with Crippen molar-refractivity contribution >= 4 is 57.6 Å². The number of fused-ring (bicyclic) bond motifs is 1. The summed E-state index contributed by atoms with van der Waals surface area (Å²) in [6.45, 7) is 7.70. The van der Waals surface area contributed by atoms with Crippen LogP contribution < -0.4 is 5.32 Å². The van der Waals surface area contributed by atoms with E-state index < -0.39 is 39.6 Å². The van der Waals surface area contributed by atoms with Crippen molar-refractivity contribution in [2.45, 2.75) is 52.1 Å². The topological polar surface area (TPSA) is 36.9 Å². The second kappa shape index (κ2) is 9.11. The van der Waals surface area contributed by atoms with Crippen LogP contribution in [0.4, 0.5) is 17.6 Å². The lowest BCUT2D eigenvalue weighted by Gasteiger charge is -2.30. The van der Waals surface area contributed by atoms with Crippen molar-refractivity contribution in [1.29, 1.82) is 0 Å². The lowest BCUT2D eigenvalue weighted by molar-refractivity contribution is -0.275. The molecule has 0 spiro atoms. The molecule has 1 aromatic carbocycles. The lowest BCUT2D eigenvalue weighted by atomic mass is 9.89. The van der Waals surface area contributed by atoms with Crippen LogP contribution in [-0.4, -0.2) is 28.4 Å². The molecule has 2 aromatic rings. The molecule has 3 heterocycles. The molecule has 1 aromatic heterocycles. The summed E-state index contributed by atoms with van der Waals surface area (Å²) in [5, 5.41) is 6.03. The molecule has 0 radical (unpaired) electrons. The molecule has 0 saturated carbocycles.